The second-order valence-electron chi connectivity index (χ2n) is 4.44. The number of methoxy groups -OCH3 is 1. The average molecular weight is 273 g/mol. The summed E-state index contributed by atoms with van der Waals surface area (Å²) in [5.41, 5.74) is 8.39. The number of hydrogen-bond acceptors (Lipinski definition) is 3. The van der Waals surface area contributed by atoms with Gasteiger partial charge in [-0.05, 0) is 36.8 Å². The molecule has 0 amide bonds. The largest absolute Gasteiger partial charge is 0.497 e. The number of ether oxygens (including phenoxy) is 1. The molecule has 0 aliphatic carbocycles. The van der Waals surface area contributed by atoms with Gasteiger partial charge in [0.1, 0.15) is 5.75 Å². The first-order chi connectivity index (χ1) is 9.22. The van der Waals surface area contributed by atoms with Crippen molar-refractivity contribution in [2.75, 3.05) is 13.7 Å². The fourth-order valence-corrected chi connectivity index (χ4v) is 3.07. The van der Waals surface area contributed by atoms with Gasteiger partial charge in [0.05, 0.1) is 7.11 Å². The molecule has 0 radical (unpaired) electrons. The van der Waals surface area contributed by atoms with Crippen molar-refractivity contribution in [3.63, 3.8) is 0 Å². The van der Waals surface area contributed by atoms with Crippen molar-refractivity contribution < 1.29 is 4.74 Å². The Kier molecular flexibility index (Phi) is 4.88. The Balaban J connectivity index is 2.19. The molecule has 19 heavy (non-hydrogen) atoms. The molecule has 0 aliphatic rings. The lowest BCUT2D eigenvalue weighted by atomic mass is 10.1. The summed E-state index contributed by atoms with van der Waals surface area (Å²) in [6, 6.07) is 16.6. The van der Waals surface area contributed by atoms with Gasteiger partial charge in [-0.3, -0.25) is 0 Å². The predicted molar refractivity (Wildman–Crippen MR) is 81.8 cm³/mol. The van der Waals surface area contributed by atoms with Crippen LogP contribution >= 0.6 is 11.8 Å². The molecule has 0 saturated heterocycles. The third-order valence-corrected chi connectivity index (χ3v) is 4.22. The molecule has 0 bridgehead atoms. The SMILES string of the molecule is COc1cccc(C(CN)Sc2cccc(C)c2)c1. The van der Waals surface area contributed by atoms with Crippen LogP contribution in [0.3, 0.4) is 0 Å². The molecule has 1 atom stereocenters. The maximum absolute atomic E-state index is 5.92. The summed E-state index contributed by atoms with van der Waals surface area (Å²) in [7, 11) is 1.68. The highest BCUT2D eigenvalue weighted by molar-refractivity contribution is 7.99. The molecule has 0 aliphatic heterocycles. The smallest absolute Gasteiger partial charge is 0.119 e. The third kappa shape index (κ3) is 3.75. The van der Waals surface area contributed by atoms with Crippen LogP contribution in [0, 0.1) is 6.92 Å². The molecular formula is C16H19NOS. The van der Waals surface area contributed by atoms with E-state index in [1.54, 1.807) is 18.9 Å². The molecule has 0 spiro atoms. The first kappa shape index (κ1) is 14.0. The Bertz CT molecular complexity index is 542. The van der Waals surface area contributed by atoms with Gasteiger partial charge in [-0.1, -0.05) is 29.8 Å². The van der Waals surface area contributed by atoms with Gasteiger partial charge in [0.15, 0.2) is 0 Å². The molecule has 2 aromatic rings. The van der Waals surface area contributed by atoms with E-state index in [2.05, 4.69) is 43.3 Å². The van der Waals surface area contributed by atoms with Crippen molar-refractivity contribution in [3.8, 4) is 5.75 Å². The minimum Gasteiger partial charge on any atom is -0.497 e. The van der Waals surface area contributed by atoms with Crippen LogP contribution in [0.5, 0.6) is 5.75 Å². The zero-order chi connectivity index (χ0) is 13.7. The lowest BCUT2D eigenvalue weighted by molar-refractivity contribution is 0.414. The summed E-state index contributed by atoms with van der Waals surface area (Å²) >= 11 is 1.79. The molecule has 1 unspecified atom stereocenters. The van der Waals surface area contributed by atoms with Gasteiger partial charge < -0.3 is 10.5 Å². The van der Waals surface area contributed by atoms with E-state index in [4.69, 9.17) is 10.5 Å². The van der Waals surface area contributed by atoms with Crippen molar-refractivity contribution >= 4 is 11.8 Å². The fourth-order valence-electron chi connectivity index (χ4n) is 1.95. The fraction of sp³-hybridized carbons (Fsp3) is 0.250. The van der Waals surface area contributed by atoms with Crippen LogP contribution in [0.1, 0.15) is 16.4 Å². The highest BCUT2D eigenvalue weighted by atomic mass is 32.2. The van der Waals surface area contributed by atoms with Crippen molar-refractivity contribution in [2.24, 2.45) is 5.73 Å². The van der Waals surface area contributed by atoms with Crippen molar-refractivity contribution in [1.82, 2.24) is 0 Å². The monoisotopic (exact) mass is 273 g/mol. The third-order valence-electron chi connectivity index (χ3n) is 2.95. The lowest BCUT2D eigenvalue weighted by Gasteiger charge is -2.16. The van der Waals surface area contributed by atoms with E-state index in [0.717, 1.165) is 5.75 Å². The molecule has 2 nitrogen and oxygen atoms in total. The van der Waals surface area contributed by atoms with Gasteiger partial charge in [-0.25, -0.2) is 0 Å². The van der Waals surface area contributed by atoms with Gasteiger partial charge in [-0.15, -0.1) is 11.8 Å². The van der Waals surface area contributed by atoms with Crippen LogP contribution in [-0.2, 0) is 0 Å². The Morgan fingerprint density at radius 3 is 2.63 bits per heavy atom. The van der Waals surface area contributed by atoms with Crippen LogP contribution in [0.15, 0.2) is 53.4 Å². The highest BCUT2D eigenvalue weighted by Crippen LogP contribution is 2.35. The number of nitrogens with two attached hydrogens (primary N) is 1. The van der Waals surface area contributed by atoms with Crippen molar-refractivity contribution in [3.05, 3.63) is 59.7 Å². The van der Waals surface area contributed by atoms with E-state index in [-0.39, 0.29) is 5.25 Å². The molecule has 2 rings (SSSR count). The summed E-state index contributed by atoms with van der Waals surface area (Å²) in [4.78, 5) is 1.25. The Hall–Kier alpha value is -1.45. The van der Waals surface area contributed by atoms with Gasteiger partial charge in [0.25, 0.3) is 0 Å². The highest BCUT2D eigenvalue weighted by Gasteiger charge is 2.12. The average Bonchev–Trinajstić information content (AvgIpc) is 2.45. The molecule has 2 aromatic carbocycles. The number of rotatable bonds is 5. The number of aryl methyl sites for hydroxylation is 1. The summed E-state index contributed by atoms with van der Waals surface area (Å²) in [6.45, 7) is 2.71. The zero-order valence-electron chi connectivity index (χ0n) is 11.3. The predicted octanol–water partition coefficient (Wildman–Crippen LogP) is 3.80. The first-order valence-corrected chi connectivity index (χ1v) is 7.18. The Morgan fingerprint density at radius 2 is 1.95 bits per heavy atom. The molecular weight excluding hydrogens is 254 g/mol. The summed E-state index contributed by atoms with van der Waals surface area (Å²) < 4.78 is 5.27. The van der Waals surface area contributed by atoms with E-state index in [1.807, 2.05) is 12.1 Å². The molecule has 0 heterocycles. The lowest BCUT2D eigenvalue weighted by Crippen LogP contribution is -2.09. The minimum atomic E-state index is 0.247. The second-order valence-corrected chi connectivity index (χ2v) is 5.71. The Labute approximate surface area is 119 Å². The van der Waals surface area contributed by atoms with Crippen LogP contribution in [0.25, 0.3) is 0 Å². The van der Waals surface area contributed by atoms with E-state index < -0.39 is 0 Å². The quantitative estimate of drug-likeness (QED) is 0.842. The maximum Gasteiger partial charge on any atom is 0.119 e. The molecule has 100 valence electrons. The Morgan fingerprint density at radius 1 is 1.16 bits per heavy atom. The van der Waals surface area contributed by atoms with Gasteiger partial charge in [-0.2, -0.15) is 0 Å². The van der Waals surface area contributed by atoms with E-state index >= 15 is 0 Å². The standard InChI is InChI=1S/C16H19NOS/c1-12-5-3-8-15(9-12)19-16(11-17)13-6-4-7-14(10-13)18-2/h3-10,16H,11,17H2,1-2H3. The minimum absolute atomic E-state index is 0.247. The first-order valence-electron chi connectivity index (χ1n) is 6.30. The van der Waals surface area contributed by atoms with E-state index in [1.165, 1.54) is 16.0 Å². The maximum atomic E-state index is 5.92. The summed E-state index contributed by atoms with van der Waals surface area (Å²) in [5.74, 6) is 0.876. The summed E-state index contributed by atoms with van der Waals surface area (Å²) in [6.07, 6.45) is 0. The topological polar surface area (TPSA) is 35.2 Å². The van der Waals surface area contributed by atoms with Crippen LogP contribution in [0.2, 0.25) is 0 Å². The van der Waals surface area contributed by atoms with Gasteiger partial charge >= 0.3 is 0 Å². The van der Waals surface area contributed by atoms with Gasteiger partial charge in [0.2, 0.25) is 0 Å². The number of hydrogen-bond donors (Lipinski definition) is 1. The molecule has 0 saturated carbocycles. The normalized spacial score (nSPS) is 12.2. The van der Waals surface area contributed by atoms with Crippen LogP contribution in [0.4, 0.5) is 0 Å². The molecule has 0 aromatic heterocycles. The second kappa shape index (κ2) is 6.64. The summed E-state index contributed by atoms with van der Waals surface area (Å²) in [5, 5.41) is 0.247. The van der Waals surface area contributed by atoms with Crippen molar-refractivity contribution in [2.45, 2.75) is 17.1 Å². The zero-order valence-corrected chi connectivity index (χ0v) is 12.1. The van der Waals surface area contributed by atoms with Crippen LogP contribution < -0.4 is 10.5 Å². The van der Waals surface area contributed by atoms with Crippen molar-refractivity contribution in [1.29, 1.82) is 0 Å². The molecule has 2 N–H and O–H groups in total. The number of thioether (sulfide) groups is 1. The number of benzene rings is 2. The van der Waals surface area contributed by atoms with E-state index in [9.17, 15) is 0 Å². The van der Waals surface area contributed by atoms with Gasteiger partial charge in [0, 0.05) is 16.7 Å². The van der Waals surface area contributed by atoms with Crippen LogP contribution in [-0.4, -0.2) is 13.7 Å². The molecule has 0 fully saturated rings. The van der Waals surface area contributed by atoms with E-state index in [0.29, 0.717) is 6.54 Å². The molecule has 3 heteroatoms.